The number of carbonyl (C=O) groups is 2. The van der Waals surface area contributed by atoms with Crippen molar-refractivity contribution in [2.45, 2.75) is 64.2 Å². The van der Waals surface area contributed by atoms with Gasteiger partial charge in [0.25, 0.3) is 5.91 Å². The fourth-order valence-corrected chi connectivity index (χ4v) is 5.94. The van der Waals surface area contributed by atoms with Crippen LogP contribution < -0.4 is 10.2 Å². The minimum atomic E-state index is -0.486. The number of nitriles is 1. The van der Waals surface area contributed by atoms with Crippen molar-refractivity contribution in [2.75, 3.05) is 4.90 Å². The Morgan fingerprint density at radius 2 is 1.62 bits per heavy atom. The summed E-state index contributed by atoms with van der Waals surface area (Å²) < 4.78 is 0. The molecule has 0 spiro atoms. The van der Waals surface area contributed by atoms with E-state index in [0.717, 1.165) is 42.4 Å². The van der Waals surface area contributed by atoms with Crippen LogP contribution in [0.1, 0.15) is 61.9 Å². The Kier molecular flexibility index (Phi) is 9.62. The first kappa shape index (κ1) is 28.2. The van der Waals surface area contributed by atoms with Crippen molar-refractivity contribution >= 4 is 29.3 Å². The van der Waals surface area contributed by atoms with Crippen LogP contribution >= 0.6 is 11.8 Å². The summed E-state index contributed by atoms with van der Waals surface area (Å²) in [6.07, 6.45) is 4.75. The standard InChI is InChI=1S/C33H35N3O2S/c1-4-6-10-25-13-15-26(16-14-25)21-30-32(38)36(28-19-17-24(5-2)18-20-28)33(39-30)29(22-34)31(37)35-23(3)27-11-8-7-9-12-27/h7-9,11-20,23,30H,4-6,10,21H2,1-3H3,(H,35,37)/b33-29-. The molecular formula is C33H35N3O2S. The Hall–Kier alpha value is -3.82. The van der Waals surface area contributed by atoms with Crippen LogP contribution in [-0.2, 0) is 28.9 Å². The average Bonchev–Trinajstić information content (AvgIpc) is 3.28. The number of unbranched alkanes of at least 4 members (excludes halogenated alkanes) is 1. The molecule has 39 heavy (non-hydrogen) atoms. The molecule has 1 heterocycles. The van der Waals surface area contributed by atoms with Crippen molar-refractivity contribution in [3.8, 4) is 6.07 Å². The third kappa shape index (κ3) is 6.79. The summed E-state index contributed by atoms with van der Waals surface area (Å²) in [5.41, 5.74) is 5.06. The van der Waals surface area contributed by atoms with Crippen LogP contribution in [0, 0.1) is 11.3 Å². The molecule has 3 aromatic carbocycles. The van der Waals surface area contributed by atoms with E-state index < -0.39 is 11.2 Å². The van der Waals surface area contributed by atoms with Gasteiger partial charge in [0, 0.05) is 5.69 Å². The highest BCUT2D eigenvalue weighted by Crippen LogP contribution is 2.42. The zero-order valence-electron chi connectivity index (χ0n) is 22.8. The lowest BCUT2D eigenvalue weighted by Crippen LogP contribution is -2.32. The van der Waals surface area contributed by atoms with Crippen molar-refractivity contribution in [1.29, 1.82) is 5.26 Å². The molecule has 1 saturated heterocycles. The van der Waals surface area contributed by atoms with Crippen LogP contribution in [0.5, 0.6) is 0 Å². The first-order valence-corrected chi connectivity index (χ1v) is 14.5. The third-order valence-electron chi connectivity index (χ3n) is 7.02. The van der Waals surface area contributed by atoms with Gasteiger partial charge in [0.2, 0.25) is 5.91 Å². The van der Waals surface area contributed by atoms with Gasteiger partial charge in [0.05, 0.1) is 11.3 Å². The van der Waals surface area contributed by atoms with Gasteiger partial charge in [0.1, 0.15) is 16.7 Å². The van der Waals surface area contributed by atoms with E-state index in [2.05, 4.69) is 49.5 Å². The molecule has 2 unspecified atom stereocenters. The number of benzene rings is 3. The van der Waals surface area contributed by atoms with Gasteiger partial charge in [-0.3, -0.25) is 14.5 Å². The van der Waals surface area contributed by atoms with Gasteiger partial charge in [-0.1, -0.05) is 98.8 Å². The number of hydrogen-bond acceptors (Lipinski definition) is 4. The predicted octanol–water partition coefficient (Wildman–Crippen LogP) is 6.90. The van der Waals surface area contributed by atoms with Crippen LogP contribution in [0.3, 0.4) is 0 Å². The molecule has 2 atom stereocenters. The minimum Gasteiger partial charge on any atom is -0.345 e. The quantitative estimate of drug-likeness (QED) is 0.226. The summed E-state index contributed by atoms with van der Waals surface area (Å²) >= 11 is 1.30. The molecule has 1 aliphatic rings. The Morgan fingerprint density at radius 3 is 2.23 bits per heavy atom. The summed E-state index contributed by atoms with van der Waals surface area (Å²) in [5.74, 6) is -0.605. The van der Waals surface area contributed by atoms with E-state index >= 15 is 0 Å². The zero-order chi connectivity index (χ0) is 27.8. The number of nitrogens with one attached hydrogen (secondary N) is 1. The van der Waals surface area contributed by atoms with Gasteiger partial charge in [-0.25, -0.2) is 0 Å². The maximum absolute atomic E-state index is 13.8. The van der Waals surface area contributed by atoms with Crippen molar-refractivity contribution in [3.05, 3.63) is 112 Å². The van der Waals surface area contributed by atoms with E-state index in [4.69, 9.17) is 0 Å². The van der Waals surface area contributed by atoms with Crippen LogP contribution in [0.4, 0.5) is 5.69 Å². The number of amides is 2. The normalized spacial score (nSPS) is 17.0. The minimum absolute atomic E-state index is 0.0480. The Labute approximate surface area is 235 Å². The number of aryl methyl sites for hydroxylation is 2. The lowest BCUT2D eigenvalue weighted by Gasteiger charge is -2.20. The molecule has 200 valence electrons. The fraction of sp³-hybridized carbons (Fsp3) is 0.303. The molecule has 5 nitrogen and oxygen atoms in total. The molecule has 1 aliphatic heterocycles. The zero-order valence-corrected chi connectivity index (χ0v) is 23.6. The number of carbonyl (C=O) groups excluding carboxylic acids is 2. The summed E-state index contributed by atoms with van der Waals surface area (Å²) in [6.45, 7) is 6.14. The van der Waals surface area contributed by atoms with E-state index in [1.54, 1.807) is 4.90 Å². The highest BCUT2D eigenvalue weighted by Gasteiger charge is 2.41. The van der Waals surface area contributed by atoms with Crippen LogP contribution in [-0.4, -0.2) is 17.1 Å². The molecule has 4 rings (SSSR count). The smallest absolute Gasteiger partial charge is 0.265 e. The number of hydrogen-bond donors (Lipinski definition) is 1. The van der Waals surface area contributed by atoms with Crippen molar-refractivity contribution in [2.24, 2.45) is 0 Å². The molecule has 0 saturated carbocycles. The summed E-state index contributed by atoms with van der Waals surface area (Å²) in [4.78, 5) is 28.7. The van der Waals surface area contributed by atoms with E-state index in [0.29, 0.717) is 17.1 Å². The molecule has 0 radical (unpaired) electrons. The number of anilines is 1. The Bertz CT molecular complexity index is 1360. The summed E-state index contributed by atoms with van der Waals surface area (Å²) in [5, 5.41) is 13.0. The molecular weight excluding hydrogens is 502 g/mol. The highest BCUT2D eigenvalue weighted by molar-refractivity contribution is 8.05. The second-order valence-corrected chi connectivity index (χ2v) is 11.0. The number of thioether (sulfide) groups is 1. The first-order valence-electron chi connectivity index (χ1n) is 13.6. The van der Waals surface area contributed by atoms with Crippen LogP contribution in [0.2, 0.25) is 0 Å². The van der Waals surface area contributed by atoms with E-state index in [-0.39, 0.29) is 17.5 Å². The van der Waals surface area contributed by atoms with E-state index in [9.17, 15) is 14.9 Å². The predicted molar refractivity (Wildman–Crippen MR) is 159 cm³/mol. The highest BCUT2D eigenvalue weighted by atomic mass is 32.2. The Morgan fingerprint density at radius 1 is 0.974 bits per heavy atom. The van der Waals surface area contributed by atoms with E-state index in [1.165, 1.54) is 17.3 Å². The summed E-state index contributed by atoms with van der Waals surface area (Å²) in [7, 11) is 0. The fourth-order valence-electron chi connectivity index (χ4n) is 4.63. The number of rotatable bonds is 10. The van der Waals surface area contributed by atoms with Gasteiger partial charge in [-0.2, -0.15) is 5.26 Å². The van der Waals surface area contributed by atoms with Gasteiger partial charge in [0.15, 0.2) is 0 Å². The van der Waals surface area contributed by atoms with Gasteiger partial charge in [-0.05, 0) is 67.0 Å². The van der Waals surface area contributed by atoms with Crippen LogP contribution in [0.15, 0.2) is 89.5 Å². The van der Waals surface area contributed by atoms with Gasteiger partial charge >= 0.3 is 0 Å². The summed E-state index contributed by atoms with van der Waals surface area (Å²) in [6, 6.07) is 27.6. The monoisotopic (exact) mass is 537 g/mol. The lowest BCUT2D eigenvalue weighted by atomic mass is 10.0. The van der Waals surface area contributed by atoms with E-state index in [1.807, 2.05) is 61.5 Å². The maximum atomic E-state index is 13.8. The lowest BCUT2D eigenvalue weighted by molar-refractivity contribution is -0.117. The van der Waals surface area contributed by atoms with Crippen LogP contribution in [0.25, 0.3) is 0 Å². The van der Waals surface area contributed by atoms with Gasteiger partial charge < -0.3 is 5.32 Å². The molecule has 3 aromatic rings. The molecule has 1 fully saturated rings. The molecule has 6 heteroatoms. The topological polar surface area (TPSA) is 73.2 Å². The second kappa shape index (κ2) is 13.3. The number of nitrogens with zero attached hydrogens (tertiary/aromatic N) is 2. The maximum Gasteiger partial charge on any atom is 0.265 e. The van der Waals surface area contributed by atoms with Crippen molar-refractivity contribution in [3.63, 3.8) is 0 Å². The van der Waals surface area contributed by atoms with Gasteiger partial charge in [-0.15, -0.1) is 0 Å². The SMILES string of the molecule is CCCCc1ccc(CC2S/C(=C(/C#N)C(=O)NC(C)c3ccccc3)N(c3ccc(CC)cc3)C2=O)cc1. The molecule has 0 aliphatic carbocycles. The molecule has 0 bridgehead atoms. The second-order valence-electron chi connectivity index (χ2n) is 9.82. The largest absolute Gasteiger partial charge is 0.345 e. The van der Waals surface area contributed by atoms with Crippen molar-refractivity contribution in [1.82, 2.24) is 5.32 Å². The third-order valence-corrected chi connectivity index (χ3v) is 8.28. The molecule has 0 aromatic heterocycles. The Balaban J connectivity index is 1.64. The molecule has 2 amide bonds. The van der Waals surface area contributed by atoms with Crippen molar-refractivity contribution < 1.29 is 9.59 Å². The average molecular weight is 538 g/mol. The first-order chi connectivity index (χ1) is 18.9. The molecule has 1 N–H and O–H groups in total.